The number of hydrogen-bond acceptors (Lipinski definition) is 2. The normalized spacial score (nSPS) is 12.9. The van der Waals surface area contributed by atoms with Crippen LogP contribution >= 0.6 is 0 Å². The van der Waals surface area contributed by atoms with Gasteiger partial charge >= 0.3 is 0 Å². The second-order valence-corrected chi connectivity index (χ2v) is 3.53. The van der Waals surface area contributed by atoms with E-state index < -0.39 is 23.5 Å². The number of carbonyl (C=O) groups excluding carboxylic acids is 1. The molecule has 1 aromatic carbocycles. The summed E-state index contributed by atoms with van der Waals surface area (Å²) in [5.41, 5.74) is -0.153. The zero-order chi connectivity index (χ0) is 12.8. The van der Waals surface area contributed by atoms with Crippen molar-refractivity contribution in [2.24, 2.45) is 0 Å². The third kappa shape index (κ3) is 3.75. The van der Waals surface area contributed by atoms with Crippen LogP contribution in [0.2, 0.25) is 0 Å². The third-order valence-corrected chi connectivity index (χ3v) is 2.24. The van der Waals surface area contributed by atoms with Crippen molar-refractivity contribution in [1.82, 2.24) is 0 Å². The van der Waals surface area contributed by atoms with Gasteiger partial charge in [0.05, 0.1) is 12.2 Å². The van der Waals surface area contributed by atoms with Crippen molar-refractivity contribution in [3.05, 3.63) is 47.5 Å². The fraction of sp³-hybridized carbons (Fsp3) is 0.308. The summed E-state index contributed by atoms with van der Waals surface area (Å²) in [4.78, 5) is 11.8. The van der Waals surface area contributed by atoms with Crippen LogP contribution in [0.5, 0.6) is 0 Å². The van der Waals surface area contributed by atoms with E-state index in [0.29, 0.717) is 6.07 Å². The number of rotatable bonds is 5. The van der Waals surface area contributed by atoms with Gasteiger partial charge in [-0.3, -0.25) is 4.79 Å². The van der Waals surface area contributed by atoms with Crippen molar-refractivity contribution >= 4 is 5.78 Å². The Bertz CT molecular complexity index is 427. The minimum absolute atomic E-state index is 0.153. The highest BCUT2D eigenvalue weighted by atomic mass is 19.1. The molecule has 4 heteroatoms. The van der Waals surface area contributed by atoms with Crippen molar-refractivity contribution in [3.8, 4) is 0 Å². The van der Waals surface area contributed by atoms with Crippen molar-refractivity contribution in [3.63, 3.8) is 0 Å². The molecule has 0 N–H and O–H groups in total. The highest BCUT2D eigenvalue weighted by Gasteiger charge is 2.19. The minimum Gasteiger partial charge on any atom is -0.366 e. The highest BCUT2D eigenvalue weighted by Crippen LogP contribution is 2.13. The quantitative estimate of drug-likeness (QED) is 0.584. The van der Waals surface area contributed by atoms with E-state index in [1.54, 1.807) is 12.2 Å². The second kappa shape index (κ2) is 6.25. The fourth-order valence-corrected chi connectivity index (χ4v) is 1.28. The van der Waals surface area contributed by atoms with Gasteiger partial charge in [-0.1, -0.05) is 12.2 Å². The van der Waals surface area contributed by atoms with Crippen molar-refractivity contribution in [2.45, 2.75) is 20.0 Å². The average molecular weight is 240 g/mol. The monoisotopic (exact) mass is 240 g/mol. The first kappa shape index (κ1) is 13.5. The zero-order valence-corrected chi connectivity index (χ0v) is 9.74. The standard InChI is InChI=1S/C13H14F2O2/c1-3-4-7-17-9(2)13(16)11-6-5-10(14)8-12(11)15/h3-6,8-9H,7H2,1-2H3. The van der Waals surface area contributed by atoms with E-state index in [4.69, 9.17) is 4.74 Å². The first-order chi connectivity index (χ1) is 8.06. The fourth-order valence-electron chi connectivity index (χ4n) is 1.28. The Morgan fingerprint density at radius 1 is 1.47 bits per heavy atom. The van der Waals surface area contributed by atoms with Crippen molar-refractivity contribution < 1.29 is 18.3 Å². The van der Waals surface area contributed by atoms with Gasteiger partial charge in [-0.15, -0.1) is 0 Å². The maximum Gasteiger partial charge on any atom is 0.194 e. The summed E-state index contributed by atoms with van der Waals surface area (Å²) < 4.78 is 31.2. The molecule has 0 saturated carbocycles. The third-order valence-electron chi connectivity index (χ3n) is 2.24. The summed E-state index contributed by atoms with van der Waals surface area (Å²) in [5, 5.41) is 0. The number of allylic oxidation sites excluding steroid dienone is 1. The number of halogens is 2. The average Bonchev–Trinajstić information content (AvgIpc) is 2.28. The number of carbonyl (C=O) groups is 1. The predicted octanol–water partition coefficient (Wildman–Crippen LogP) is 3.13. The SMILES string of the molecule is CC=CCOC(C)C(=O)c1ccc(F)cc1F. The molecule has 1 aromatic rings. The molecule has 1 rings (SSSR count). The molecule has 0 aromatic heterocycles. The molecule has 0 heterocycles. The summed E-state index contributed by atoms with van der Waals surface area (Å²) in [7, 11) is 0. The lowest BCUT2D eigenvalue weighted by atomic mass is 10.1. The topological polar surface area (TPSA) is 26.3 Å². The van der Waals surface area contributed by atoms with Crippen LogP contribution in [0.25, 0.3) is 0 Å². The van der Waals surface area contributed by atoms with Gasteiger partial charge in [0, 0.05) is 6.07 Å². The summed E-state index contributed by atoms with van der Waals surface area (Å²) in [5.74, 6) is -2.06. The van der Waals surface area contributed by atoms with Crippen LogP contribution < -0.4 is 0 Å². The molecule has 0 aliphatic rings. The molecular weight excluding hydrogens is 226 g/mol. The van der Waals surface area contributed by atoms with Gasteiger partial charge in [0.2, 0.25) is 0 Å². The maximum atomic E-state index is 13.3. The molecule has 17 heavy (non-hydrogen) atoms. The Kier molecular flexibility index (Phi) is 4.97. The Labute approximate surface area is 98.9 Å². The summed E-state index contributed by atoms with van der Waals surface area (Å²) >= 11 is 0. The summed E-state index contributed by atoms with van der Waals surface area (Å²) in [6.07, 6.45) is 2.77. The molecule has 0 saturated heterocycles. The number of benzene rings is 1. The molecule has 0 amide bonds. The van der Waals surface area contributed by atoms with Gasteiger partial charge in [-0.25, -0.2) is 8.78 Å². The largest absolute Gasteiger partial charge is 0.366 e. The lowest BCUT2D eigenvalue weighted by Crippen LogP contribution is -2.22. The molecule has 0 radical (unpaired) electrons. The smallest absolute Gasteiger partial charge is 0.194 e. The van der Waals surface area contributed by atoms with E-state index in [0.717, 1.165) is 12.1 Å². The maximum absolute atomic E-state index is 13.3. The van der Waals surface area contributed by atoms with Crippen LogP contribution in [-0.2, 0) is 4.74 Å². The van der Waals surface area contributed by atoms with E-state index in [2.05, 4.69) is 0 Å². The number of ether oxygens (including phenoxy) is 1. The van der Waals surface area contributed by atoms with Gasteiger partial charge in [-0.2, -0.15) is 0 Å². The molecule has 1 unspecified atom stereocenters. The molecule has 0 aliphatic carbocycles. The first-order valence-corrected chi connectivity index (χ1v) is 5.28. The Morgan fingerprint density at radius 3 is 2.76 bits per heavy atom. The van der Waals surface area contributed by atoms with Crippen LogP contribution in [0.15, 0.2) is 30.4 Å². The van der Waals surface area contributed by atoms with E-state index in [-0.39, 0.29) is 12.2 Å². The lowest BCUT2D eigenvalue weighted by molar-refractivity contribution is 0.0562. The minimum atomic E-state index is -0.864. The lowest BCUT2D eigenvalue weighted by Gasteiger charge is -2.11. The first-order valence-electron chi connectivity index (χ1n) is 5.28. The van der Waals surface area contributed by atoms with Crippen molar-refractivity contribution in [1.29, 1.82) is 0 Å². The van der Waals surface area contributed by atoms with Gasteiger partial charge in [0.25, 0.3) is 0 Å². The molecular formula is C13H14F2O2. The Hall–Kier alpha value is -1.55. The Balaban J connectivity index is 2.74. The van der Waals surface area contributed by atoms with Crippen molar-refractivity contribution in [2.75, 3.05) is 6.61 Å². The molecule has 2 nitrogen and oxygen atoms in total. The van der Waals surface area contributed by atoms with Gasteiger partial charge in [-0.05, 0) is 26.0 Å². The molecule has 92 valence electrons. The molecule has 0 fully saturated rings. The van der Waals surface area contributed by atoms with Gasteiger partial charge in [0.15, 0.2) is 5.78 Å². The number of ketones is 1. The molecule has 0 aliphatic heterocycles. The predicted molar refractivity (Wildman–Crippen MR) is 60.9 cm³/mol. The van der Waals surface area contributed by atoms with Crippen LogP contribution in [-0.4, -0.2) is 18.5 Å². The molecule has 0 bridgehead atoms. The van der Waals surface area contributed by atoms with Crippen LogP contribution in [0.4, 0.5) is 8.78 Å². The van der Waals surface area contributed by atoms with E-state index in [1.807, 2.05) is 6.92 Å². The van der Waals surface area contributed by atoms with E-state index in [9.17, 15) is 13.6 Å². The Morgan fingerprint density at radius 2 is 2.18 bits per heavy atom. The molecule has 0 spiro atoms. The van der Waals surface area contributed by atoms with Crippen LogP contribution in [0, 0.1) is 11.6 Å². The number of hydrogen-bond donors (Lipinski definition) is 0. The van der Waals surface area contributed by atoms with Crippen LogP contribution in [0.1, 0.15) is 24.2 Å². The van der Waals surface area contributed by atoms with Gasteiger partial charge in [0.1, 0.15) is 17.7 Å². The van der Waals surface area contributed by atoms with E-state index in [1.165, 1.54) is 6.92 Å². The van der Waals surface area contributed by atoms with E-state index >= 15 is 0 Å². The summed E-state index contributed by atoms with van der Waals surface area (Å²) in [6, 6.07) is 2.86. The summed E-state index contributed by atoms with van der Waals surface area (Å²) in [6.45, 7) is 3.65. The second-order valence-electron chi connectivity index (χ2n) is 3.53. The van der Waals surface area contributed by atoms with Gasteiger partial charge < -0.3 is 4.74 Å². The van der Waals surface area contributed by atoms with Crippen LogP contribution in [0.3, 0.4) is 0 Å². The highest BCUT2D eigenvalue weighted by molar-refractivity contribution is 5.99. The molecule has 1 atom stereocenters. The number of Topliss-reactive ketones (excluding diaryl/α,β-unsaturated/α-hetero) is 1. The zero-order valence-electron chi connectivity index (χ0n) is 9.74.